The Morgan fingerprint density at radius 2 is 1.48 bits per heavy atom. The predicted molar refractivity (Wildman–Crippen MR) is 112 cm³/mol. The van der Waals surface area contributed by atoms with Gasteiger partial charge in [0.05, 0.1) is 9.82 Å². The van der Waals surface area contributed by atoms with E-state index in [-0.39, 0.29) is 15.5 Å². The summed E-state index contributed by atoms with van der Waals surface area (Å²) in [4.78, 5) is 15.6. The van der Waals surface area contributed by atoms with Gasteiger partial charge in [-0.3, -0.25) is 10.1 Å². The Morgan fingerprint density at radius 3 is 2.10 bits per heavy atom. The molecule has 2 aromatic carbocycles. The Balaban J connectivity index is 1.54. The smallest absolute Gasteiger partial charge is 0.292 e. The van der Waals surface area contributed by atoms with Crippen molar-refractivity contribution in [2.75, 3.05) is 49.1 Å². The number of benzene rings is 2. The van der Waals surface area contributed by atoms with Crippen molar-refractivity contribution < 1.29 is 13.3 Å². The summed E-state index contributed by atoms with van der Waals surface area (Å²) in [6.45, 7) is 3.33. The molecule has 154 valence electrons. The first-order valence-corrected chi connectivity index (χ1v) is 11.2. The van der Waals surface area contributed by atoms with E-state index in [1.54, 1.807) is 36.4 Å². The molecule has 2 saturated heterocycles. The Bertz CT molecular complexity index is 983. The van der Waals surface area contributed by atoms with Gasteiger partial charge in [0.1, 0.15) is 5.69 Å². The molecule has 9 heteroatoms. The van der Waals surface area contributed by atoms with Gasteiger partial charge in [-0.1, -0.05) is 18.2 Å². The van der Waals surface area contributed by atoms with Crippen LogP contribution in [0.5, 0.6) is 0 Å². The van der Waals surface area contributed by atoms with Crippen LogP contribution >= 0.6 is 0 Å². The zero-order valence-electron chi connectivity index (χ0n) is 16.1. The lowest BCUT2D eigenvalue weighted by molar-refractivity contribution is -0.384. The van der Waals surface area contributed by atoms with Crippen molar-refractivity contribution >= 4 is 27.1 Å². The van der Waals surface area contributed by atoms with Crippen LogP contribution in [0.2, 0.25) is 0 Å². The van der Waals surface area contributed by atoms with Gasteiger partial charge in [0, 0.05) is 51.0 Å². The number of anilines is 2. The van der Waals surface area contributed by atoms with Gasteiger partial charge in [-0.05, 0) is 37.1 Å². The van der Waals surface area contributed by atoms with Crippen LogP contribution in [-0.2, 0) is 10.0 Å². The van der Waals surface area contributed by atoms with E-state index < -0.39 is 10.0 Å². The maximum absolute atomic E-state index is 12.8. The molecule has 2 heterocycles. The molecule has 0 spiro atoms. The Morgan fingerprint density at radius 1 is 0.828 bits per heavy atom. The van der Waals surface area contributed by atoms with Gasteiger partial charge in [0.25, 0.3) is 5.69 Å². The number of rotatable bonds is 5. The topological polar surface area (TPSA) is 87.0 Å². The normalized spacial score (nSPS) is 18.2. The maximum Gasteiger partial charge on any atom is 0.292 e. The average molecular weight is 417 g/mol. The van der Waals surface area contributed by atoms with E-state index in [0.29, 0.717) is 31.9 Å². The summed E-state index contributed by atoms with van der Waals surface area (Å²) >= 11 is 0. The van der Waals surface area contributed by atoms with Crippen LogP contribution in [0.25, 0.3) is 0 Å². The highest BCUT2D eigenvalue weighted by Gasteiger charge is 2.31. The Kier molecular flexibility index (Phi) is 5.42. The molecule has 0 unspecified atom stereocenters. The van der Waals surface area contributed by atoms with E-state index in [9.17, 15) is 18.5 Å². The van der Waals surface area contributed by atoms with E-state index in [1.807, 2.05) is 17.0 Å². The molecule has 2 aliphatic rings. The van der Waals surface area contributed by atoms with E-state index in [0.717, 1.165) is 31.6 Å². The summed E-state index contributed by atoms with van der Waals surface area (Å²) in [6.07, 6.45) is 2.25. The van der Waals surface area contributed by atoms with Crippen LogP contribution in [0.3, 0.4) is 0 Å². The number of nitro benzene ring substituents is 1. The summed E-state index contributed by atoms with van der Waals surface area (Å²) in [5, 5.41) is 11.6. The number of sulfonamides is 1. The predicted octanol–water partition coefficient (Wildman–Crippen LogP) is 2.71. The first-order chi connectivity index (χ1) is 14.0. The van der Waals surface area contributed by atoms with Crippen LogP contribution in [0, 0.1) is 10.1 Å². The molecule has 0 atom stereocenters. The molecule has 4 rings (SSSR count). The van der Waals surface area contributed by atoms with Crippen molar-refractivity contribution in [2.24, 2.45) is 0 Å². The second-order valence-corrected chi connectivity index (χ2v) is 9.27. The molecule has 0 amide bonds. The third-order valence-corrected chi connectivity index (χ3v) is 7.50. The van der Waals surface area contributed by atoms with Crippen LogP contribution in [0.15, 0.2) is 53.4 Å². The Labute approximate surface area is 170 Å². The third-order valence-electron chi connectivity index (χ3n) is 5.59. The molecule has 0 saturated carbocycles. The van der Waals surface area contributed by atoms with Crippen molar-refractivity contribution in [1.29, 1.82) is 0 Å². The molecular formula is C20H24N4O4S. The zero-order chi connectivity index (χ0) is 20.4. The Hall–Kier alpha value is -2.65. The highest BCUT2D eigenvalue weighted by molar-refractivity contribution is 7.89. The third kappa shape index (κ3) is 3.92. The lowest BCUT2D eigenvalue weighted by Gasteiger charge is -2.35. The number of piperazine rings is 1. The minimum atomic E-state index is -3.55. The van der Waals surface area contributed by atoms with Crippen molar-refractivity contribution in [3.63, 3.8) is 0 Å². The molecule has 2 fully saturated rings. The number of hydrogen-bond donors (Lipinski definition) is 0. The van der Waals surface area contributed by atoms with Gasteiger partial charge >= 0.3 is 0 Å². The fraction of sp³-hybridized carbons (Fsp3) is 0.400. The van der Waals surface area contributed by atoms with E-state index in [4.69, 9.17) is 0 Å². The molecule has 2 aliphatic heterocycles. The highest BCUT2D eigenvalue weighted by atomic mass is 32.2. The molecule has 0 aliphatic carbocycles. The molecular weight excluding hydrogens is 392 g/mol. The largest absolute Gasteiger partial charge is 0.371 e. The van der Waals surface area contributed by atoms with Gasteiger partial charge < -0.3 is 9.80 Å². The van der Waals surface area contributed by atoms with E-state index >= 15 is 0 Å². The van der Waals surface area contributed by atoms with Crippen molar-refractivity contribution in [3.05, 3.63) is 58.6 Å². The van der Waals surface area contributed by atoms with Gasteiger partial charge in [0.2, 0.25) is 10.0 Å². The van der Waals surface area contributed by atoms with Crippen LogP contribution < -0.4 is 9.80 Å². The van der Waals surface area contributed by atoms with Crippen molar-refractivity contribution in [2.45, 2.75) is 17.7 Å². The van der Waals surface area contributed by atoms with Crippen molar-refractivity contribution in [3.8, 4) is 0 Å². The van der Waals surface area contributed by atoms with Gasteiger partial charge in [-0.25, -0.2) is 8.42 Å². The zero-order valence-corrected chi connectivity index (χ0v) is 16.9. The number of nitrogens with zero attached hydrogens (tertiary/aromatic N) is 4. The van der Waals surface area contributed by atoms with E-state index in [2.05, 4.69) is 4.90 Å². The van der Waals surface area contributed by atoms with E-state index in [1.165, 1.54) is 4.31 Å². The summed E-state index contributed by atoms with van der Waals surface area (Å²) < 4.78 is 27.1. The molecule has 29 heavy (non-hydrogen) atoms. The minimum absolute atomic E-state index is 0.0623. The first-order valence-electron chi connectivity index (χ1n) is 9.80. The maximum atomic E-state index is 12.8. The highest BCUT2D eigenvalue weighted by Crippen LogP contribution is 2.34. The minimum Gasteiger partial charge on any atom is -0.371 e. The fourth-order valence-corrected chi connectivity index (χ4v) is 5.45. The van der Waals surface area contributed by atoms with Gasteiger partial charge in [-0.2, -0.15) is 4.31 Å². The number of nitro groups is 1. The molecule has 0 bridgehead atoms. The molecule has 0 radical (unpaired) electrons. The van der Waals surface area contributed by atoms with Crippen LogP contribution in [0.4, 0.5) is 17.1 Å². The van der Waals surface area contributed by atoms with Crippen LogP contribution in [-0.4, -0.2) is 56.9 Å². The monoisotopic (exact) mass is 416 g/mol. The average Bonchev–Trinajstić information content (AvgIpc) is 3.29. The quantitative estimate of drug-likeness (QED) is 0.550. The van der Waals surface area contributed by atoms with Gasteiger partial charge in [-0.15, -0.1) is 0 Å². The second kappa shape index (κ2) is 8.00. The molecule has 8 nitrogen and oxygen atoms in total. The summed E-state index contributed by atoms with van der Waals surface area (Å²) in [5.41, 5.74) is 1.62. The summed E-state index contributed by atoms with van der Waals surface area (Å²) in [6, 6.07) is 13.6. The number of hydrogen-bond acceptors (Lipinski definition) is 6. The summed E-state index contributed by atoms with van der Waals surface area (Å²) in [7, 11) is -3.55. The molecule has 0 N–H and O–H groups in total. The lowest BCUT2D eigenvalue weighted by Crippen LogP contribution is -2.48. The SMILES string of the molecule is O=[N+]([O-])c1ccc(N2CCCC2)cc1N1CCN(S(=O)(=O)c2ccccc2)CC1. The second-order valence-electron chi connectivity index (χ2n) is 7.33. The van der Waals surface area contributed by atoms with Crippen molar-refractivity contribution in [1.82, 2.24) is 4.31 Å². The standard InChI is InChI=1S/C20H24N4O4S/c25-24(26)19-9-8-17(21-10-4-5-11-21)16-20(19)22-12-14-23(15-13-22)29(27,28)18-6-2-1-3-7-18/h1-3,6-9,16H,4-5,10-15H2. The molecule has 0 aromatic heterocycles. The lowest BCUT2D eigenvalue weighted by atomic mass is 10.2. The first kappa shape index (κ1) is 19.7. The van der Waals surface area contributed by atoms with Crippen LogP contribution in [0.1, 0.15) is 12.8 Å². The summed E-state index contributed by atoms with van der Waals surface area (Å²) in [5.74, 6) is 0. The molecule has 2 aromatic rings. The fourth-order valence-electron chi connectivity index (χ4n) is 4.00. The van der Waals surface area contributed by atoms with Gasteiger partial charge in [0.15, 0.2) is 0 Å².